The highest BCUT2D eigenvalue weighted by Crippen LogP contribution is 2.59. The third-order valence-electron chi connectivity index (χ3n) is 8.18. The van der Waals surface area contributed by atoms with E-state index < -0.39 is 0 Å². The van der Waals surface area contributed by atoms with Gasteiger partial charge in [-0.05, 0) is 85.1 Å². The lowest BCUT2D eigenvalue weighted by Crippen LogP contribution is -2.42. The number of hydrogen-bond acceptors (Lipinski definition) is 3. The van der Waals surface area contributed by atoms with E-state index in [1.54, 1.807) is 0 Å². The number of carbonyl (C=O) groups is 2. The van der Waals surface area contributed by atoms with Crippen LogP contribution in [0.15, 0.2) is 29.8 Å². The van der Waals surface area contributed by atoms with Crippen molar-refractivity contribution in [1.29, 1.82) is 0 Å². The molecule has 0 aromatic heterocycles. The lowest BCUT2D eigenvalue weighted by atomic mass is 9.55. The van der Waals surface area contributed by atoms with Gasteiger partial charge in [-0.15, -0.1) is 0 Å². The van der Waals surface area contributed by atoms with Gasteiger partial charge in [0.05, 0.1) is 6.61 Å². The number of carbonyl (C=O) groups excluding carboxylic acids is 2. The van der Waals surface area contributed by atoms with Crippen molar-refractivity contribution < 1.29 is 14.3 Å². The van der Waals surface area contributed by atoms with Crippen LogP contribution in [-0.2, 0) is 16.0 Å². The molecule has 4 atom stereocenters. The van der Waals surface area contributed by atoms with Crippen LogP contribution >= 0.6 is 0 Å². The summed E-state index contributed by atoms with van der Waals surface area (Å²) < 4.78 is 6.00. The van der Waals surface area contributed by atoms with Crippen LogP contribution in [0, 0.1) is 17.3 Å². The van der Waals surface area contributed by atoms with Gasteiger partial charge in [-0.1, -0.05) is 38.8 Å². The SMILES string of the molecule is CCCC/C=C(/C=O)CCOc1ccc2c(c1)CC[C@@H]1[C@H]3CCC(=O)[C@]3(C)CC[C@@H]21. The number of unbranched alkanes of at least 4 members (excludes halogenated alkanes) is 2. The molecule has 0 heterocycles. The molecule has 1 aromatic rings. The molecule has 2 fully saturated rings. The minimum Gasteiger partial charge on any atom is -0.493 e. The average molecular weight is 409 g/mol. The Bertz CT molecular complexity index is 823. The molecule has 0 unspecified atom stereocenters. The van der Waals surface area contributed by atoms with Gasteiger partial charge in [0, 0.05) is 18.3 Å². The highest BCUT2D eigenvalue weighted by Gasteiger charge is 2.54. The van der Waals surface area contributed by atoms with Crippen molar-refractivity contribution in [2.75, 3.05) is 6.61 Å². The lowest BCUT2D eigenvalue weighted by Gasteiger charge is -2.48. The average Bonchev–Trinajstić information content (AvgIpc) is 3.07. The first-order valence-corrected chi connectivity index (χ1v) is 12.0. The fourth-order valence-electron chi connectivity index (χ4n) is 6.41. The number of aldehydes is 1. The van der Waals surface area contributed by atoms with Gasteiger partial charge in [0.25, 0.3) is 0 Å². The highest BCUT2D eigenvalue weighted by atomic mass is 16.5. The van der Waals surface area contributed by atoms with E-state index in [1.807, 2.05) is 0 Å². The van der Waals surface area contributed by atoms with Gasteiger partial charge >= 0.3 is 0 Å². The Morgan fingerprint density at radius 1 is 1.23 bits per heavy atom. The molecule has 4 rings (SSSR count). The maximum absolute atomic E-state index is 12.5. The molecule has 1 aromatic carbocycles. The molecule has 3 nitrogen and oxygen atoms in total. The quantitative estimate of drug-likeness (QED) is 0.292. The zero-order valence-corrected chi connectivity index (χ0v) is 18.6. The summed E-state index contributed by atoms with van der Waals surface area (Å²) in [6.07, 6.45) is 13.3. The lowest BCUT2D eigenvalue weighted by molar-refractivity contribution is -0.129. The van der Waals surface area contributed by atoms with Gasteiger partial charge in [-0.25, -0.2) is 0 Å². The topological polar surface area (TPSA) is 43.4 Å². The van der Waals surface area contributed by atoms with Crippen LogP contribution in [0.25, 0.3) is 0 Å². The molecule has 162 valence electrons. The van der Waals surface area contributed by atoms with Gasteiger partial charge in [0.2, 0.25) is 0 Å². The zero-order chi connectivity index (χ0) is 21.1. The Morgan fingerprint density at radius 3 is 2.90 bits per heavy atom. The minimum absolute atomic E-state index is 0.0529. The van der Waals surface area contributed by atoms with E-state index in [9.17, 15) is 9.59 Å². The van der Waals surface area contributed by atoms with Crippen molar-refractivity contribution in [1.82, 2.24) is 0 Å². The van der Waals surface area contributed by atoms with E-state index in [1.165, 1.54) is 17.5 Å². The summed E-state index contributed by atoms with van der Waals surface area (Å²) in [6, 6.07) is 6.61. The fraction of sp³-hybridized carbons (Fsp3) is 0.630. The van der Waals surface area contributed by atoms with Crippen LogP contribution in [0.5, 0.6) is 5.75 Å². The molecule has 0 aliphatic heterocycles. The summed E-state index contributed by atoms with van der Waals surface area (Å²) in [6.45, 7) is 4.94. The number of aryl methyl sites for hydroxylation is 1. The summed E-state index contributed by atoms with van der Waals surface area (Å²) in [7, 11) is 0. The van der Waals surface area contributed by atoms with Gasteiger partial charge in [-0.2, -0.15) is 0 Å². The van der Waals surface area contributed by atoms with Crippen LogP contribution in [0.2, 0.25) is 0 Å². The van der Waals surface area contributed by atoms with E-state index in [-0.39, 0.29) is 5.41 Å². The Kier molecular flexibility index (Phi) is 6.46. The molecule has 0 amide bonds. The number of ketones is 1. The van der Waals surface area contributed by atoms with E-state index >= 15 is 0 Å². The number of fused-ring (bicyclic) bond motifs is 5. The predicted octanol–water partition coefficient (Wildman–Crippen LogP) is 6.20. The number of rotatable bonds is 8. The third-order valence-corrected chi connectivity index (χ3v) is 8.18. The summed E-state index contributed by atoms with van der Waals surface area (Å²) >= 11 is 0. The van der Waals surface area contributed by atoms with Crippen LogP contribution < -0.4 is 4.74 Å². The van der Waals surface area contributed by atoms with Gasteiger partial charge < -0.3 is 4.74 Å². The molecule has 0 radical (unpaired) electrons. The smallest absolute Gasteiger partial charge is 0.145 e. The van der Waals surface area contributed by atoms with Crippen LogP contribution in [0.4, 0.5) is 0 Å². The Balaban J connectivity index is 1.39. The summed E-state index contributed by atoms with van der Waals surface area (Å²) in [5.41, 5.74) is 3.72. The van der Waals surface area contributed by atoms with E-state index in [0.29, 0.717) is 36.6 Å². The number of Topliss-reactive ketones (excluding diaryl/α,β-unsaturated/α-hetero) is 1. The van der Waals surface area contributed by atoms with Crippen LogP contribution in [0.3, 0.4) is 0 Å². The summed E-state index contributed by atoms with van der Waals surface area (Å²) in [5, 5.41) is 0. The molecule has 0 saturated heterocycles. The molecule has 0 spiro atoms. The Labute approximate surface area is 181 Å². The monoisotopic (exact) mass is 408 g/mol. The van der Waals surface area contributed by atoms with Crippen molar-refractivity contribution in [2.45, 2.75) is 84.0 Å². The van der Waals surface area contributed by atoms with Crippen molar-refractivity contribution in [3.63, 3.8) is 0 Å². The molecular weight excluding hydrogens is 372 g/mol. The van der Waals surface area contributed by atoms with Gasteiger partial charge in [0.15, 0.2) is 0 Å². The molecule has 2 saturated carbocycles. The number of benzene rings is 1. The molecular formula is C27H36O3. The second-order valence-electron chi connectivity index (χ2n) is 9.83. The maximum atomic E-state index is 12.5. The maximum Gasteiger partial charge on any atom is 0.145 e. The van der Waals surface area contributed by atoms with Gasteiger partial charge in [0.1, 0.15) is 17.8 Å². The highest BCUT2D eigenvalue weighted by molar-refractivity contribution is 5.87. The molecule has 3 aliphatic rings. The fourth-order valence-corrected chi connectivity index (χ4v) is 6.41. The van der Waals surface area contributed by atoms with Crippen molar-refractivity contribution >= 4 is 12.1 Å². The standard InChI is InChI=1S/C27H36O3/c1-3-4-5-6-19(18-28)14-16-30-21-8-10-22-20(17-21)7-9-24-23(22)13-15-27(2)25(24)11-12-26(27)29/h6,8,10,17-18,23-25H,3-5,7,9,11-16H2,1-2H3/b19-6+/t23-,24-,25+,27+/m0/s1. The number of ether oxygens (including phenoxy) is 1. The normalized spacial score (nSPS) is 30.4. The third kappa shape index (κ3) is 4.00. The molecule has 30 heavy (non-hydrogen) atoms. The summed E-state index contributed by atoms with van der Waals surface area (Å²) in [5.74, 6) is 3.28. The summed E-state index contributed by atoms with van der Waals surface area (Å²) in [4.78, 5) is 23.7. The van der Waals surface area contributed by atoms with E-state index in [2.05, 4.69) is 38.1 Å². The predicted molar refractivity (Wildman–Crippen MR) is 120 cm³/mol. The van der Waals surface area contributed by atoms with Gasteiger partial charge in [-0.3, -0.25) is 9.59 Å². The van der Waals surface area contributed by atoms with Crippen LogP contribution in [0.1, 0.15) is 88.7 Å². The number of allylic oxidation sites excluding steroid dienone is 1. The Hall–Kier alpha value is -1.90. The first-order valence-electron chi connectivity index (χ1n) is 12.0. The second-order valence-corrected chi connectivity index (χ2v) is 9.83. The van der Waals surface area contributed by atoms with E-state index in [4.69, 9.17) is 4.74 Å². The van der Waals surface area contributed by atoms with E-state index in [0.717, 1.165) is 69.0 Å². The first kappa shape index (κ1) is 21.3. The second kappa shape index (κ2) is 9.08. The zero-order valence-electron chi connectivity index (χ0n) is 18.6. The molecule has 3 heteroatoms. The first-order chi connectivity index (χ1) is 14.6. The molecule has 0 N–H and O–H groups in total. The van der Waals surface area contributed by atoms with Crippen molar-refractivity contribution in [2.24, 2.45) is 17.3 Å². The Morgan fingerprint density at radius 2 is 2.10 bits per heavy atom. The number of hydrogen-bond donors (Lipinski definition) is 0. The molecule has 0 bridgehead atoms. The van der Waals surface area contributed by atoms with Crippen molar-refractivity contribution in [3.05, 3.63) is 41.0 Å². The minimum atomic E-state index is -0.0529. The van der Waals surface area contributed by atoms with Crippen LogP contribution in [-0.4, -0.2) is 18.7 Å². The van der Waals surface area contributed by atoms with Crippen molar-refractivity contribution in [3.8, 4) is 5.75 Å². The largest absolute Gasteiger partial charge is 0.493 e. The molecule has 3 aliphatic carbocycles.